The molecular weight excluding hydrogens is 292 g/mol. The van der Waals surface area contributed by atoms with Crippen molar-refractivity contribution in [2.24, 2.45) is 0 Å². The molecule has 0 unspecified atom stereocenters. The smallest absolute Gasteiger partial charge is 0.252 e. The van der Waals surface area contributed by atoms with Crippen molar-refractivity contribution in [1.82, 2.24) is 30.3 Å². The molecule has 1 amide bonds. The lowest BCUT2D eigenvalue weighted by Gasteiger charge is -2.11. The first-order chi connectivity index (χ1) is 11.1. The third-order valence-corrected chi connectivity index (χ3v) is 3.95. The zero-order valence-electron chi connectivity index (χ0n) is 13.5. The van der Waals surface area contributed by atoms with Crippen molar-refractivity contribution >= 4 is 16.9 Å². The highest BCUT2D eigenvalue weighted by Gasteiger charge is 2.17. The van der Waals surface area contributed by atoms with Gasteiger partial charge in [-0.15, -0.1) is 0 Å². The molecule has 3 aromatic heterocycles. The van der Waals surface area contributed by atoms with Crippen LogP contribution in [-0.2, 0) is 6.54 Å². The topological polar surface area (TPSA) is 88.5 Å². The third-order valence-electron chi connectivity index (χ3n) is 3.95. The van der Waals surface area contributed by atoms with Gasteiger partial charge < -0.3 is 5.32 Å². The number of fused-ring (bicyclic) bond motifs is 1. The van der Waals surface area contributed by atoms with Crippen LogP contribution in [-0.4, -0.2) is 30.9 Å². The van der Waals surface area contributed by atoms with E-state index in [1.54, 1.807) is 18.5 Å². The SMILES string of the molecule is CC[C@H](C)n1ncc2c(C(=O)NCc3ccn[nH]3)cc(C)nc21. The molecule has 120 valence electrons. The molecule has 0 saturated carbocycles. The Morgan fingerprint density at radius 1 is 1.48 bits per heavy atom. The lowest BCUT2D eigenvalue weighted by molar-refractivity contribution is 0.0952. The van der Waals surface area contributed by atoms with E-state index in [4.69, 9.17) is 0 Å². The summed E-state index contributed by atoms with van der Waals surface area (Å²) in [7, 11) is 0. The monoisotopic (exact) mass is 312 g/mol. The van der Waals surface area contributed by atoms with Crippen LogP contribution in [0.25, 0.3) is 11.0 Å². The van der Waals surface area contributed by atoms with Crippen LogP contribution < -0.4 is 5.32 Å². The summed E-state index contributed by atoms with van der Waals surface area (Å²) in [4.78, 5) is 17.1. The van der Waals surface area contributed by atoms with E-state index in [2.05, 4.69) is 39.4 Å². The predicted octanol–water partition coefficient (Wildman–Crippen LogP) is 2.36. The highest BCUT2D eigenvalue weighted by atomic mass is 16.1. The second kappa shape index (κ2) is 6.20. The maximum atomic E-state index is 12.5. The van der Waals surface area contributed by atoms with Gasteiger partial charge in [-0.05, 0) is 32.4 Å². The summed E-state index contributed by atoms with van der Waals surface area (Å²) in [5.41, 5.74) is 3.01. The van der Waals surface area contributed by atoms with Crippen molar-refractivity contribution in [2.75, 3.05) is 0 Å². The molecule has 0 aliphatic carbocycles. The molecule has 3 aromatic rings. The van der Waals surface area contributed by atoms with Crippen LogP contribution in [0.2, 0.25) is 0 Å². The fourth-order valence-electron chi connectivity index (χ4n) is 2.48. The lowest BCUT2D eigenvalue weighted by Crippen LogP contribution is -2.23. The molecule has 0 bridgehead atoms. The number of H-pyrrole nitrogens is 1. The normalized spacial score (nSPS) is 12.5. The van der Waals surface area contributed by atoms with Gasteiger partial charge in [0, 0.05) is 11.9 Å². The van der Waals surface area contributed by atoms with Crippen molar-refractivity contribution in [2.45, 2.75) is 39.8 Å². The Hall–Kier alpha value is -2.70. The average molecular weight is 312 g/mol. The number of hydrogen-bond donors (Lipinski definition) is 2. The number of carbonyl (C=O) groups excluding carboxylic acids is 1. The van der Waals surface area contributed by atoms with E-state index < -0.39 is 0 Å². The summed E-state index contributed by atoms with van der Waals surface area (Å²) < 4.78 is 1.88. The molecule has 3 heterocycles. The molecule has 2 N–H and O–H groups in total. The minimum absolute atomic E-state index is 0.140. The number of nitrogens with zero attached hydrogens (tertiary/aromatic N) is 4. The minimum Gasteiger partial charge on any atom is -0.346 e. The van der Waals surface area contributed by atoms with Gasteiger partial charge in [0.05, 0.1) is 35.4 Å². The maximum Gasteiger partial charge on any atom is 0.252 e. The van der Waals surface area contributed by atoms with E-state index in [1.807, 2.05) is 17.7 Å². The Labute approximate surface area is 134 Å². The van der Waals surface area contributed by atoms with Crippen LogP contribution in [0.5, 0.6) is 0 Å². The molecule has 0 saturated heterocycles. The highest BCUT2D eigenvalue weighted by molar-refractivity contribution is 6.05. The van der Waals surface area contributed by atoms with Crippen LogP contribution in [0.15, 0.2) is 24.5 Å². The maximum absolute atomic E-state index is 12.5. The number of aryl methyl sites for hydroxylation is 1. The van der Waals surface area contributed by atoms with Crippen molar-refractivity contribution in [3.63, 3.8) is 0 Å². The first-order valence-corrected chi connectivity index (χ1v) is 7.71. The Kier molecular flexibility index (Phi) is 4.10. The Morgan fingerprint density at radius 3 is 3.00 bits per heavy atom. The van der Waals surface area contributed by atoms with Gasteiger partial charge >= 0.3 is 0 Å². The van der Waals surface area contributed by atoms with Gasteiger partial charge in [0.1, 0.15) is 0 Å². The van der Waals surface area contributed by atoms with Gasteiger partial charge in [0.25, 0.3) is 5.91 Å². The quantitative estimate of drug-likeness (QED) is 0.757. The number of aromatic amines is 1. The van der Waals surface area contributed by atoms with Crippen molar-refractivity contribution in [1.29, 1.82) is 0 Å². The standard InChI is InChI=1S/C16H20N6O/c1-4-11(3)22-15-14(9-19-22)13(7-10(2)20-15)16(23)17-8-12-5-6-18-21-12/h5-7,9,11H,4,8H2,1-3H3,(H,17,23)(H,18,21)/t11-/m0/s1. The van der Waals surface area contributed by atoms with E-state index in [0.717, 1.165) is 28.8 Å². The van der Waals surface area contributed by atoms with Gasteiger partial charge in [-0.1, -0.05) is 6.92 Å². The number of amides is 1. The molecule has 7 heteroatoms. The Morgan fingerprint density at radius 2 is 2.30 bits per heavy atom. The second-order valence-electron chi connectivity index (χ2n) is 5.66. The van der Waals surface area contributed by atoms with Crippen LogP contribution >= 0.6 is 0 Å². The van der Waals surface area contributed by atoms with Crippen LogP contribution in [0.1, 0.15) is 48.1 Å². The summed E-state index contributed by atoms with van der Waals surface area (Å²) in [5, 5.41) is 14.8. The Bertz CT molecular complexity index is 821. The van der Waals surface area contributed by atoms with Crippen molar-refractivity contribution < 1.29 is 4.79 Å². The molecule has 0 aliphatic rings. The average Bonchev–Trinajstić information content (AvgIpc) is 3.20. The third kappa shape index (κ3) is 2.94. The van der Waals surface area contributed by atoms with E-state index in [-0.39, 0.29) is 11.9 Å². The minimum atomic E-state index is -0.140. The van der Waals surface area contributed by atoms with Gasteiger partial charge in [-0.2, -0.15) is 10.2 Å². The molecule has 3 rings (SSSR count). The molecule has 0 aliphatic heterocycles. The number of aromatic nitrogens is 5. The van der Waals surface area contributed by atoms with Crippen LogP contribution in [0.4, 0.5) is 0 Å². The van der Waals surface area contributed by atoms with Gasteiger partial charge in [-0.3, -0.25) is 9.89 Å². The second-order valence-corrected chi connectivity index (χ2v) is 5.66. The summed E-state index contributed by atoms with van der Waals surface area (Å²) in [6.45, 7) is 6.49. The highest BCUT2D eigenvalue weighted by Crippen LogP contribution is 2.22. The summed E-state index contributed by atoms with van der Waals surface area (Å²) >= 11 is 0. The zero-order valence-corrected chi connectivity index (χ0v) is 13.5. The van der Waals surface area contributed by atoms with Gasteiger partial charge in [0.2, 0.25) is 0 Å². The van der Waals surface area contributed by atoms with Gasteiger partial charge in [0.15, 0.2) is 5.65 Å². The van der Waals surface area contributed by atoms with Crippen LogP contribution in [0, 0.1) is 6.92 Å². The molecule has 0 aromatic carbocycles. The number of carbonyl (C=O) groups is 1. The molecule has 0 spiro atoms. The van der Waals surface area contributed by atoms with Gasteiger partial charge in [-0.25, -0.2) is 9.67 Å². The molecule has 0 radical (unpaired) electrons. The molecule has 7 nitrogen and oxygen atoms in total. The molecule has 1 atom stereocenters. The summed E-state index contributed by atoms with van der Waals surface area (Å²) in [6.07, 6.45) is 4.33. The van der Waals surface area contributed by atoms with Crippen molar-refractivity contribution in [3.05, 3.63) is 41.5 Å². The zero-order chi connectivity index (χ0) is 16.4. The Balaban J connectivity index is 1.93. The predicted molar refractivity (Wildman–Crippen MR) is 87.0 cm³/mol. The summed E-state index contributed by atoms with van der Waals surface area (Å²) in [5.74, 6) is -0.140. The van der Waals surface area contributed by atoms with E-state index in [1.165, 1.54) is 0 Å². The first kappa shape index (κ1) is 15.2. The van der Waals surface area contributed by atoms with E-state index >= 15 is 0 Å². The number of rotatable bonds is 5. The summed E-state index contributed by atoms with van der Waals surface area (Å²) in [6, 6.07) is 3.87. The first-order valence-electron chi connectivity index (χ1n) is 7.71. The molecular formula is C16H20N6O. The number of nitrogens with one attached hydrogen (secondary N) is 2. The van der Waals surface area contributed by atoms with Crippen LogP contribution in [0.3, 0.4) is 0 Å². The lowest BCUT2D eigenvalue weighted by atomic mass is 10.1. The number of pyridine rings is 1. The van der Waals surface area contributed by atoms with Crippen molar-refractivity contribution in [3.8, 4) is 0 Å². The fourth-order valence-corrected chi connectivity index (χ4v) is 2.48. The molecule has 0 fully saturated rings. The number of hydrogen-bond acceptors (Lipinski definition) is 4. The van der Waals surface area contributed by atoms with E-state index in [9.17, 15) is 4.79 Å². The van der Waals surface area contributed by atoms with E-state index in [0.29, 0.717) is 12.1 Å². The fraction of sp³-hybridized carbons (Fsp3) is 0.375. The molecule has 23 heavy (non-hydrogen) atoms. The largest absolute Gasteiger partial charge is 0.346 e.